The van der Waals surface area contributed by atoms with Crippen molar-refractivity contribution in [3.63, 3.8) is 0 Å². The largest absolute Gasteiger partial charge is 0.396 e. The molecule has 2 fully saturated rings. The molecule has 0 aromatic heterocycles. The topological polar surface area (TPSA) is 82.1 Å². The summed E-state index contributed by atoms with van der Waals surface area (Å²) >= 11 is 0. The van der Waals surface area contributed by atoms with Crippen LogP contribution in [0.3, 0.4) is 0 Å². The lowest BCUT2D eigenvalue weighted by molar-refractivity contribution is 0.0792. The molecule has 2 aliphatic heterocycles. The maximum atomic E-state index is 12.7. The van der Waals surface area contributed by atoms with Crippen molar-refractivity contribution in [3.05, 3.63) is 29.3 Å². The highest BCUT2D eigenvalue weighted by atomic mass is 16.5. The first-order chi connectivity index (χ1) is 12.6. The minimum absolute atomic E-state index is 0.0113. The fourth-order valence-electron chi connectivity index (χ4n) is 3.46. The van der Waals surface area contributed by atoms with Gasteiger partial charge in [-0.1, -0.05) is 6.07 Å². The van der Waals surface area contributed by atoms with Crippen LogP contribution >= 0.6 is 0 Å². The molecule has 0 unspecified atom stereocenters. The van der Waals surface area contributed by atoms with E-state index in [0.29, 0.717) is 37.6 Å². The second-order valence-electron chi connectivity index (χ2n) is 6.98. The van der Waals surface area contributed by atoms with Crippen LogP contribution in [0.5, 0.6) is 0 Å². The molecule has 1 atom stereocenters. The van der Waals surface area contributed by atoms with Gasteiger partial charge in [-0.15, -0.1) is 0 Å². The third kappa shape index (κ3) is 4.16. The van der Waals surface area contributed by atoms with Crippen molar-refractivity contribution in [1.29, 1.82) is 0 Å². The van der Waals surface area contributed by atoms with E-state index >= 15 is 0 Å². The molecule has 26 heavy (non-hydrogen) atoms. The first kappa shape index (κ1) is 18.7. The molecule has 2 heterocycles. The van der Waals surface area contributed by atoms with Gasteiger partial charge in [-0.05, 0) is 37.5 Å². The van der Waals surface area contributed by atoms with Gasteiger partial charge in [0, 0.05) is 50.0 Å². The van der Waals surface area contributed by atoms with Crippen LogP contribution in [-0.2, 0) is 4.74 Å². The second-order valence-corrected chi connectivity index (χ2v) is 6.98. The predicted octanol–water partition coefficient (Wildman–Crippen LogP) is 1.70. The van der Waals surface area contributed by atoms with Gasteiger partial charge >= 0.3 is 6.03 Å². The van der Waals surface area contributed by atoms with Crippen LogP contribution in [0.25, 0.3) is 0 Å². The van der Waals surface area contributed by atoms with Gasteiger partial charge in [-0.2, -0.15) is 0 Å². The minimum atomic E-state index is -0.233. The molecule has 0 aliphatic carbocycles. The van der Waals surface area contributed by atoms with E-state index in [0.717, 1.165) is 31.5 Å². The number of urea groups is 1. The lowest BCUT2D eigenvalue weighted by Gasteiger charge is -2.24. The molecule has 142 valence electrons. The molecule has 0 bridgehead atoms. The van der Waals surface area contributed by atoms with Crippen molar-refractivity contribution < 1.29 is 19.4 Å². The van der Waals surface area contributed by atoms with Gasteiger partial charge in [0.2, 0.25) is 0 Å². The molecule has 0 spiro atoms. The second kappa shape index (κ2) is 8.51. The van der Waals surface area contributed by atoms with Crippen LogP contribution in [0.4, 0.5) is 10.5 Å². The Morgan fingerprint density at radius 2 is 2.00 bits per heavy atom. The van der Waals surface area contributed by atoms with E-state index in [1.165, 1.54) is 0 Å². The molecule has 2 N–H and O–H groups in total. The summed E-state index contributed by atoms with van der Waals surface area (Å²) in [4.78, 5) is 28.9. The van der Waals surface area contributed by atoms with Crippen LogP contribution in [0.15, 0.2) is 18.2 Å². The third-order valence-electron chi connectivity index (χ3n) is 5.08. The molecule has 3 rings (SSSR count). The lowest BCUT2D eigenvalue weighted by atomic mass is 10.1. The van der Waals surface area contributed by atoms with Crippen molar-refractivity contribution >= 4 is 17.6 Å². The zero-order valence-corrected chi connectivity index (χ0v) is 15.2. The van der Waals surface area contributed by atoms with E-state index < -0.39 is 0 Å². The number of anilines is 1. The van der Waals surface area contributed by atoms with Gasteiger partial charge in [-0.3, -0.25) is 4.79 Å². The maximum absolute atomic E-state index is 12.7. The molecule has 7 nitrogen and oxygen atoms in total. The molecule has 7 heteroatoms. The first-order valence-electron chi connectivity index (χ1n) is 9.23. The molecule has 0 saturated carbocycles. The maximum Gasteiger partial charge on any atom is 0.321 e. The summed E-state index contributed by atoms with van der Waals surface area (Å²) in [5.41, 5.74) is 2.06. The number of ether oxygens (including phenoxy) is 1. The van der Waals surface area contributed by atoms with Crippen molar-refractivity contribution in [2.75, 3.05) is 51.3 Å². The monoisotopic (exact) mass is 361 g/mol. The molecule has 0 radical (unpaired) electrons. The van der Waals surface area contributed by atoms with Crippen molar-refractivity contribution in [3.8, 4) is 0 Å². The number of rotatable bonds is 3. The number of aliphatic hydroxyl groups excluding tert-OH is 1. The number of benzene rings is 1. The number of aliphatic hydroxyl groups is 1. The Balaban J connectivity index is 1.72. The van der Waals surface area contributed by atoms with E-state index in [-0.39, 0.29) is 24.5 Å². The molecule has 1 aromatic carbocycles. The Kier molecular flexibility index (Phi) is 6.11. The molecule has 1 aromatic rings. The first-order valence-corrected chi connectivity index (χ1v) is 9.23. The normalized spacial score (nSPS) is 20.8. The van der Waals surface area contributed by atoms with Crippen LogP contribution in [0, 0.1) is 12.8 Å². The van der Waals surface area contributed by atoms with E-state index in [9.17, 15) is 14.7 Å². The number of nitrogens with zero attached hydrogens (tertiary/aromatic N) is 2. The van der Waals surface area contributed by atoms with Gasteiger partial charge < -0.3 is 25.0 Å². The van der Waals surface area contributed by atoms with E-state index in [1.54, 1.807) is 11.0 Å². The number of hydrogen-bond acceptors (Lipinski definition) is 4. The number of carbonyl (C=O) groups is 2. The summed E-state index contributed by atoms with van der Waals surface area (Å²) in [5.74, 6) is -0.0490. The summed E-state index contributed by atoms with van der Waals surface area (Å²) < 4.78 is 5.43. The number of likely N-dealkylation sites (tertiary alicyclic amines) is 1. The molecular formula is C19H27N3O4. The van der Waals surface area contributed by atoms with Crippen LogP contribution in [-0.4, -0.2) is 72.8 Å². The standard InChI is InChI=1S/C19H27N3O4/c1-14-16(18(24)21-7-2-3-8-21)5-4-6-17(14)20-19(25)22-9-10-26-13-15(11-22)12-23/h4-6,15,23H,2-3,7-13H2,1H3,(H,20,25)/t15-/m0/s1. The Bertz CT molecular complexity index is 658. The summed E-state index contributed by atoms with van der Waals surface area (Å²) in [6.07, 6.45) is 2.09. The molecule has 2 aliphatic rings. The van der Waals surface area contributed by atoms with E-state index in [1.807, 2.05) is 24.0 Å². The zero-order valence-electron chi connectivity index (χ0n) is 15.2. The smallest absolute Gasteiger partial charge is 0.321 e. The summed E-state index contributed by atoms with van der Waals surface area (Å²) in [7, 11) is 0. The van der Waals surface area contributed by atoms with Gasteiger partial charge in [-0.25, -0.2) is 4.79 Å². The lowest BCUT2D eigenvalue weighted by Crippen LogP contribution is -2.39. The number of nitrogens with one attached hydrogen (secondary N) is 1. The van der Waals surface area contributed by atoms with Crippen molar-refractivity contribution in [1.82, 2.24) is 9.80 Å². The Morgan fingerprint density at radius 3 is 2.73 bits per heavy atom. The van der Waals surface area contributed by atoms with E-state index in [4.69, 9.17) is 4.74 Å². The molecule has 3 amide bonds. The Hall–Kier alpha value is -2.12. The average molecular weight is 361 g/mol. The van der Waals surface area contributed by atoms with Gasteiger partial charge in [0.1, 0.15) is 0 Å². The number of hydrogen-bond donors (Lipinski definition) is 2. The van der Waals surface area contributed by atoms with Gasteiger partial charge in [0.15, 0.2) is 0 Å². The molecule has 2 saturated heterocycles. The third-order valence-corrected chi connectivity index (χ3v) is 5.08. The highest BCUT2D eigenvalue weighted by molar-refractivity contribution is 5.99. The minimum Gasteiger partial charge on any atom is -0.396 e. The van der Waals surface area contributed by atoms with Crippen LogP contribution in [0.1, 0.15) is 28.8 Å². The number of amides is 3. The fraction of sp³-hybridized carbons (Fsp3) is 0.579. The SMILES string of the molecule is Cc1c(NC(=O)N2CCOC[C@H](CO)C2)cccc1C(=O)N1CCCC1. The van der Waals surface area contributed by atoms with Gasteiger partial charge in [0.25, 0.3) is 5.91 Å². The number of carbonyl (C=O) groups excluding carboxylic acids is 2. The highest BCUT2D eigenvalue weighted by Crippen LogP contribution is 2.23. The van der Waals surface area contributed by atoms with Crippen molar-refractivity contribution in [2.45, 2.75) is 19.8 Å². The summed E-state index contributed by atoms with van der Waals surface area (Å²) in [6, 6.07) is 5.19. The Labute approximate surface area is 153 Å². The van der Waals surface area contributed by atoms with E-state index in [2.05, 4.69) is 5.32 Å². The zero-order chi connectivity index (χ0) is 18.5. The fourth-order valence-corrected chi connectivity index (χ4v) is 3.46. The van der Waals surface area contributed by atoms with Crippen molar-refractivity contribution in [2.24, 2.45) is 5.92 Å². The quantitative estimate of drug-likeness (QED) is 0.859. The van der Waals surface area contributed by atoms with Crippen LogP contribution < -0.4 is 5.32 Å². The highest BCUT2D eigenvalue weighted by Gasteiger charge is 2.24. The predicted molar refractivity (Wildman–Crippen MR) is 98.3 cm³/mol. The Morgan fingerprint density at radius 1 is 1.23 bits per heavy atom. The average Bonchev–Trinajstić information content (AvgIpc) is 3.07. The molecular weight excluding hydrogens is 334 g/mol. The summed E-state index contributed by atoms with van der Waals surface area (Å²) in [6.45, 7) is 5.29. The summed E-state index contributed by atoms with van der Waals surface area (Å²) in [5, 5.41) is 12.3. The van der Waals surface area contributed by atoms with Crippen LogP contribution in [0.2, 0.25) is 0 Å². The van der Waals surface area contributed by atoms with Gasteiger partial charge in [0.05, 0.1) is 13.2 Å².